The van der Waals surface area contributed by atoms with Crippen LogP contribution in [-0.4, -0.2) is 5.97 Å². The molecule has 0 saturated heterocycles. The zero-order chi connectivity index (χ0) is 24.6. The fourth-order valence-electron chi connectivity index (χ4n) is 5.45. The van der Waals surface area contributed by atoms with Crippen LogP contribution in [0.2, 0.25) is 0 Å². The van der Waals surface area contributed by atoms with E-state index in [9.17, 15) is 4.79 Å². The van der Waals surface area contributed by atoms with Gasteiger partial charge in [-0.05, 0) is 13.8 Å². The summed E-state index contributed by atoms with van der Waals surface area (Å²) < 4.78 is 6.55. The smallest absolute Gasteiger partial charge is 0.0352 e. The number of aryl methyl sites for hydroxylation is 1. The molecule has 0 spiro atoms. The molecule has 2 nitrogen and oxygen atoms in total. The molecule has 1 aromatic rings. The van der Waals surface area contributed by atoms with Crippen molar-refractivity contribution in [1.29, 1.82) is 0 Å². The molecule has 0 aliphatic rings. The minimum Gasteiger partial charge on any atom is -0.0352 e. The Balaban J connectivity index is 2.94. The van der Waals surface area contributed by atoms with Crippen LogP contribution in [0.5, 0.6) is 0 Å². The number of hydrogen-bond acceptors (Lipinski definition) is 2. The summed E-state index contributed by atoms with van der Waals surface area (Å²) in [4.78, 5) is 11.1. The van der Waals surface area contributed by atoms with Gasteiger partial charge in [-0.2, -0.15) is 0 Å². The molecule has 1 rings (SSSR count). The first-order valence-corrected chi connectivity index (χ1v) is 17.9. The Labute approximate surface area is 219 Å². The van der Waals surface area contributed by atoms with Gasteiger partial charge in [0.2, 0.25) is 0 Å². The topological polar surface area (TPSA) is 26.3 Å². The van der Waals surface area contributed by atoms with E-state index in [0.29, 0.717) is 42.4 Å². The Kier molecular flexibility index (Phi) is 16.7. The molecule has 0 saturated carbocycles. The van der Waals surface area contributed by atoms with Crippen molar-refractivity contribution in [2.75, 3.05) is 0 Å². The third-order valence-corrected chi connectivity index (χ3v) is 12.5. The van der Waals surface area contributed by atoms with Gasteiger partial charge in [-0.25, -0.2) is 0 Å². The summed E-state index contributed by atoms with van der Waals surface area (Å²) >= 11 is -1.74. The molecule has 4 atom stereocenters. The second kappa shape index (κ2) is 18.0. The fourth-order valence-corrected chi connectivity index (χ4v) is 8.56. The van der Waals surface area contributed by atoms with E-state index >= 15 is 0 Å². The van der Waals surface area contributed by atoms with Gasteiger partial charge in [0.1, 0.15) is 0 Å². The van der Waals surface area contributed by atoms with Crippen LogP contribution < -0.4 is 3.07 Å². The predicted octanol–water partition coefficient (Wildman–Crippen LogP) is 7.28. The van der Waals surface area contributed by atoms with E-state index in [1.54, 1.807) is 0 Å². The van der Waals surface area contributed by atoms with Crippen molar-refractivity contribution in [2.45, 2.75) is 91.4 Å². The van der Waals surface area contributed by atoms with Gasteiger partial charge in [0, 0.05) is 0 Å². The minimum absolute atomic E-state index is 0.154. The van der Waals surface area contributed by atoms with Crippen LogP contribution in [0.4, 0.5) is 0 Å². The summed E-state index contributed by atoms with van der Waals surface area (Å²) in [7, 11) is 0. The number of benzene rings is 1. The van der Waals surface area contributed by atoms with Gasteiger partial charge in [0.25, 0.3) is 0 Å². The second-order valence-corrected chi connectivity index (χ2v) is 15.2. The Hall–Kier alpha value is -0.375. The molecule has 4 unspecified atom stereocenters. The molecule has 0 bridgehead atoms. The maximum absolute atomic E-state index is 11.1. The fraction of sp³-hybridized carbons (Fsp3) is 0.633. The van der Waals surface area contributed by atoms with Gasteiger partial charge in [-0.1, -0.05) is 0 Å². The molecule has 178 valence electrons. The van der Waals surface area contributed by atoms with Crippen LogP contribution in [0.25, 0.3) is 0 Å². The number of rotatable bonds is 18. The average Bonchev–Trinajstić information content (AvgIpc) is 2.79. The minimum atomic E-state index is -1.74. The molecule has 0 fully saturated rings. The number of hydrogen-bond donors (Lipinski definition) is 0. The molecule has 0 aromatic heterocycles. The number of carbonyl (C=O) groups excluding carboxylic acids is 1. The van der Waals surface area contributed by atoms with E-state index in [2.05, 4.69) is 38.1 Å². The van der Waals surface area contributed by atoms with E-state index in [1.807, 2.05) is 0 Å². The monoisotopic (exact) mass is 638 g/mol. The molecule has 8 radical (unpaired) electrons. The Morgan fingerprint density at radius 2 is 1.27 bits per heavy atom. The van der Waals surface area contributed by atoms with E-state index in [0.717, 1.165) is 51.4 Å². The SMILES string of the molecule is [CH]CCC(C)C(CC[CH])C(CCCc1cc[c]([Hg][O]C(C)=O)cc1)C(CC[CH])C(C)CC[CH]. The van der Waals surface area contributed by atoms with Crippen molar-refractivity contribution in [1.82, 2.24) is 0 Å². The molecule has 1 aromatic carbocycles. The third-order valence-electron chi connectivity index (χ3n) is 7.27. The molecule has 0 heterocycles. The first-order valence-electron chi connectivity index (χ1n) is 12.9. The van der Waals surface area contributed by atoms with Crippen molar-refractivity contribution >= 4 is 9.04 Å². The van der Waals surface area contributed by atoms with E-state index < -0.39 is 25.0 Å². The van der Waals surface area contributed by atoms with E-state index in [1.165, 1.54) is 22.0 Å². The molecule has 0 amide bonds. The van der Waals surface area contributed by atoms with Gasteiger partial charge < -0.3 is 0 Å². The third kappa shape index (κ3) is 11.7. The summed E-state index contributed by atoms with van der Waals surface area (Å²) in [6.07, 6.45) is 10.4. The van der Waals surface area contributed by atoms with Gasteiger partial charge in [-0.15, -0.1) is 0 Å². The van der Waals surface area contributed by atoms with E-state index in [4.69, 9.17) is 30.3 Å². The summed E-state index contributed by atoms with van der Waals surface area (Å²) in [6, 6.07) is 8.71. The summed E-state index contributed by atoms with van der Waals surface area (Å²) in [5.74, 6) is 2.68. The number of carbonyl (C=O) groups is 1. The molecular weight excluding hydrogens is 593 g/mol. The van der Waals surface area contributed by atoms with Crippen molar-refractivity contribution in [3.63, 3.8) is 0 Å². The maximum atomic E-state index is 11.1. The van der Waals surface area contributed by atoms with Crippen LogP contribution >= 0.6 is 0 Å². The van der Waals surface area contributed by atoms with Crippen molar-refractivity contribution in [3.05, 3.63) is 57.5 Å². The summed E-state index contributed by atoms with van der Waals surface area (Å²) in [5, 5.41) is 0. The molecule has 3 heteroatoms. The van der Waals surface area contributed by atoms with Crippen molar-refractivity contribution in [3.8, 4) is 0 Å². The van der Waals surface area contributed by atoms with E-state index in [-0.39, 0.29) is 5.97 Å². The quantitative estimate of drug-likeness (QED) is 0.158. The van der Waals surface area contributed by atoms with Crippen LogP contribution in [0.15, 0.2) is 24.3 Å². The van der Waals surface area contributed by atoms with Gasteiger partial charge >= 0.3 is 206 Å². The first kappa shape index (κ1) is 30.7. The normalized spacial score (nSPS) is 15.8. The zero-order valence-electron chi connectivity index (χ0n) is 21.3. The molecular formula is C30H44HgO2. The van der Waals surface area contributed by atoms with Gasteiger partial charge in [0.15, 0.2) is 0 Å². The molecule has 0 aliphatic heterocycles. The van der Waals surface area contributed by atoms with Crippen molar-refractivity contribution in [2.24, 2.45) is 29.6 Å². The van der Waals surface area contributed by atoms with Gasteiger partial charge in [0.05, 0.1) is 0 Å². The predicted molar refractivity (Wildman–Crippen MR) is 134 cm³/mol. The standard InChI is InChI=1S/C28H41.C2H4O2.Hg/c1-7-15-23(5)26(17-9-3)28(27(18-10-4)24(6)16-8-2)22-14-21-25-19-12-11-13-20-25;1-2(3)4;/h1-4,12-13,19-20,23-24,26-28H,7-10,14-18,21-22H2,5-6H3;1H3,(H,3,4);/q;;+1/p-1. The molecule has 33 heavy (non-hydrogen) atoms. The van der Waals surface area contributed by atoms with Crippen LogP contribution in [0.3, 0.4) is 0 Å². The van der Waals surface area contributed by atoms with Crippen LogP contribution in [0.1, 0.15) is 90.5 Å². The zero-order valence-corrected chi connectivity index (χ0v) is 26.8. The van der Waals surface area contributed by atoms with Crippen LogP contribution in [0, 0.1) is 57.3 Å². The average molecular weight is 637 g/mol. The molecule has 0 aliphatic carbocycles. The van der Waals surface area contributed by atoms with Crippen LogP contribution in [-0.2, 0) is 38.9 Å². The molecule has 0 N–H and O–H groups in total. The Morgan fingerprint density at radius 3 is 1.70 bits per heavy atom. The second-order valence-electron chi connectivity index (χ2n) is 9.74. The summed E-state index contributed by atoms with van der Waals surface area (Å²) in [6.45, 7) is 30.2. The van der Waals surface area contributed by atoms with Crippen molar-refractivity contribution < 1.29 is 32.5 Å². The first-order chi connectivity index (χ1) is 15.9. The summed E-state index contributed by atoms with van der Waals surface area (Å²) in [5.41, 5.74) is 1.35. The van der Waals surface area contributed by atoms with Gasteiger partial charge in [-0.3, -0.25) is 0 Å². The Bertz CT molecular complexity index is 605. The Morgan fingerprint density at radius 1 is 0.788 bits per heavy atom.